The number of carbonyl (C=O) groups is 2. The lowest BCUT2D eigenvalue weighted by Crippen LogP contribution is -2.17. The third-order valence-corrected chi connectivity index (χ3v) is 4.69. The van der Waals surface area contributed by atoms with Crippen LogP contribution in [0.1, 0.15) is 26.3 Å². The highest BCUT2D eigenvalue weighted by atomic mass is 16.6. The molecule has 0 radical (unpaired) electrons. The number of ether oxygens (including phenoxy) is 4. The summed E-state index contributed by atoms with van der Waals surface area (Å²) in [5, 5.41) is 14.7. The summed E-state index contributed by atoms with van der Waals surface area (Å²) in [4.78, 5) is 35.0. The van der Waals surface area contributed by atoms with Gasteiger partial charge in [-0.2, -0.15) is 5.10 Å². The van der Waals surface area contributed by atoms with E-state index in [4.69, 9.17) is 18.9 Å². The standard InChI is InChI=1S/C24H21N3O8/c1-32-20-12-17(13-21(33-2)22(20)34-3)24(29)35-19-9-7-15(8-10-19)14-25-26-23(28)16-5-4-6-18(11-16)27(30)31/h4-14H,1-3H3,(H,26,28). The lowest BCUT2D eigenvalue weighted by Gasteiger charge is -2.13. The number of nitro benzene ring substituents is 1. The average molecular weight is 479 g/mol. The second kappa shape index (κ2) is 11.3. The van der Waals surface area contributed by atoms with Crippen LogP contribution >= 0.6 is 0 Å². The van der Waals surface area contributed by atoms with E-state index in [0.717, 1.165) is 6.07 Å². The summed E-state index contributed by atoms with van der Waals surface area (Å²) < 4.78 is 21.1. The highest BCUT2D eigenvalue weighted by Gasteiger charge is 2.18. The van der Waals surface area contributed by atoms with Gasteiger partial charge in [0.15, 0.2) is 11.5 Å². The molecule has 11 nitrogen and oxygen atoms in total. The Hall–Kier alpha value is -4.93. The molecule has 0 aliphatic heterocycles. The van der Waals surface area contributed by atoms with Crippen LogP contribution in [0.2, 0.25) is 0 Å². The number of carbonyl (C=O) groups excluding carboxylic acids is 2. The van der Waals surface area contributed by atoms with Gasteiger partial charge in [0.2, 0.25) is 5.75 Å². The van der Waals surface area contributed by atoms with Crippen LogP contribution in [0.25, 0.3) is 0 Å². The van der Waals surface area contributed by atoms with Gasteiger partial charge >= 0.3 is 5.97 Å². The smallest absolute Gasteiger partial charge is 0.343 e. The third kappa shape index (κ3) is 6.11. The summed E-state index contributed by atoms with van der Waals surface area (Å²) in [5.41, 5.74) is 3.02. The molecule has 0 atom stereocenters. The van der Waals surface area contributed by atoms with Crippen molar-refractivity contribution in [3.8, 4) is 23.0 Å². The number of hydrogen-bond donors (Lipinski definition) is 1. The fraction of sp³-hybridized carbons (Fsp3) is 0.125. The molecule has 0 heterocycles. The molecule has 3 aromatic carbocycles. The van der Waals surface area contributed by atoms with Crippen molar-refractivity contribution in [1.29, 1.82) is 0 Å². The molecular weight excluding hydrogens is 458 g/mol. The first kappa shape index (κ1) is 24.7. The number of amides is 1. The van der Waals surface area contributed by atoms with Gasteiger partial charge in [-0.1, -0.05) is 6.07 Å². The van der Waals surface area contributed by atoms with Crippen molar-refractivity contribution in [2.45, 2.75) is 0 Å². The Morgan fingerprint density at radius 2 is 1.57 bits per heavy atom. The van der Waals surface area contributed by atoms with Crippen LogP contribution in [0, 0.1) is 10.1 Å². The van der Waals surface area contributed by atoms with E-state index < -0.39 is 16.8 Å². The topological polar surface area (TPSA) is 139 Å². The fourth-order valence-electron chi connectivity index (χ4n) is 2.98. The van der Waals surface area contributed by atoms with E-state index in [1.807, 2.05) is 0 Å². The van der Waals surface area contributed by atoms with E-state index in [-0.39, 0.29) is 22.6 Å². The predicted octanol–water partition coefficient (Wildman–Crippen LogP) is 3.60. The van der Waals surface area contributed by atoms with Crippen LogP contribution in [0.5, 0.6) is 23.0 Å². The van der Waals surface area contributed by atoms with E-state index in [2.05, 4.69) is 10.5 Å². The van der Waals surface area contributed by atoms with Crippen LogP contribution in [0.15, 0.2) is 65.8 Å². The zero-order valence-electron chi connectivity index (χ0n) is 19.0. The highest BCUT2D eigenvalue weighted by molar-refractivity contribution is 5.95. The van der Waals surface area contributed by atoms with Gasteiger partial charge in [-0.3, -0.25) is 14.9 Å². The highest BCUT2D eigenvalue weighted by Crippen LogP contribution is 2.38. The monoisotopic (exact) mass is 479 g/mol. The minimum atomic E-state index is -0.630. The number of benzene rings is 3. The Kier molecular flexibility index (Phi) is 7.96. The molecule has 11 heteroatoms. The number of methoxy groups -OCH3 is 3. The van der Waals surface area contributed by atoms with Crippen LogP contribution < -0.4 is 24.4 Å². The first-order valence-corrected chi connectivity index (χ1v) is 10.1. The first-order valence-electron chi connectivity index (χ1n) is 10.1. The number of hydrogen-bond acceptors (Lipinski definition) is 9. The molecule has 0 unspecified atom stereocenters. The third-order valence-electron chi connectivity index (χ3n) is 4.69. The van der Waals surface area contributed by atoms with Crippen LogP contribution in [-0.4, -0.2) is 44.3 Å². The quantitative estimate of drug-likeness (QED) is 0.161. The lowest BCUT2D eigenvalue weighted by atomic mass is 10.2. The number of nitrogens with one attached hydrogen (secondary N) is 1. The summed E-state index contributed by atoms with van der Waals surface area (Å²) in [5.74, 6) is 0.0417. The molecule has 3 aromatic rings. The summed E-state index contributed by atoms with van der Waals surface area (Å²) in [6, 6.07) is 14.6. The van der Waals surface area contributed by atoms with Crippen LogP contribution in [0.4, 0.5) is 5.69 Å². The molecule has 0 bridgehead atoms. The molecule has 180 valence electrons. The minimum Gasteiger partial charge on any atom is -0.493 e. The molecular formula is C24H21N3O8. The second-order valence-corrected chi connectivity index (χ2v) is 6.88. The maximum atomic E-state index is 12.6. The van der Waals surface area contributed by atoms with Crippen molar-refractivity contribution in [3.63, 3.8) is 0 Å². The number of esters is 1. The lowest BCUT2D eigenvalue weighted by molar-refractivity contribution is -0.384. The van der Waals surface area contributed by atoms with Crippen LogP contribution in [-0.2, 0) is 0 Å². The molecule has 0 saturated heterocycles. The molecule has 35 heavy (non-hydrogen) atoms. The van der Waals surface area contributed by atoms with Gasteiger partial charge in [-0.25, -0.2) is 10.2 Å². The van der Waals surface area contributed by atoms with Gasteiger partial charge in [0.1, 0.15) is 5.75 Å². The molecule has 0 spiro atoms. The van der Waals surface area contributed by atoms with E-state index in [0.29, 0.717) is 22.8 Å². The largest absolute Gasteiger partial charge is 0.493 e. The van der Waals surface area contributed by atoms with Crippen molar-refractivity contribution in [3.05, 3.63) is 87.5 Å². The van der Waals surface area contributed by atoms with Gasteiger partial charge in [-0.05, 0) is 48.0 Å². The summed E-state index contributed by atoms with van der Waals surface area (Å²) in [6.07, 6.45) is 1.38. The van der Waals surface area contributed by atoms with E-state index in [9.17, 15) is 19.7 Å². The predicted molar refractivity (Wildman–Crippen MR) is 126 cm³/mol. The Balaban J connectivity index is 1.64. The summed E-state index contributed by atoms with van der Waals surface area (Å²) >= 11 is 0. The first-order chi connectivity index (χ1) is 16.9. The summed E-state index contributed by atoms with van der Waals surface area (Å²) in [7, 11) is 4.35. The molecule has 1 amide bonds. The van der Waals surface area contributed by atoms with E-state index in [1.54, 1.807) is 24.3 Å². The average Bonchev–Trinajstić information content (AvgIpc) is 2.88. The fourth-order valence-corrected chi connectivity index (χ4v) is 2.98. The minimum absolute atomic E-state index is 0.102. The second-order valence-electron chi connectivity index (χ2n) is 6.88. The zero-order chi connectivity index (χ0) is 25.4. The molecule has 0 aromatic heterocycles. The zero-order valence-corrected chi connectivity index (χ0v) is 19.0. The van der Waals surface area contributed by atoms with Crippen molar-refractivity contribution in [1.82, 2.24) is 5.43 Å². The molecule has 0 saturated carbocycles. The van der Waals surface area contributed by atoms with Gasteiger partial charge in [0.05, 0.1) is 38.0 Å². The van der Waals surface area contributed by atoms with Gasteiger partial charge in [-0.15, -0.1) is 0 Å². The number of non-ortho nitro benzene ring substituents is 1. The molecule has 3 rings (SSSR count). The van der Waals surface area contributed by atoms with Gasteiger partial charge in [0.25, 0.3) is 11.6 Å². The molecule has 1 N–H and O–H groups in total. The molecule has 0 fully saturated rings. The SMILES string of the molecule is COc1cc(C(=O)Oc2ccc(C=NNC(=O)c3cccc([N+](=O)[O-])c3)cc2)cc(OC)c1OC. The van der Waals surface area contributed by atoms with E-state index in [1.165, 1.54) is 57.9 Å². The maximum Gasteiger partial charge on any atom is 0.343 e. The molecule has 0 aliphatic carbocycles. The van der Waals surface area contributed by atoms with E-state index >= 15 is 0 Å². The van der Waals surface area contributed by atoms with Crippen molar-refractivity contribution >= 4 is 23.8 Å². The Bertz CT molecular complexity index is 1250. The Morgan fingerprint density at radius 3 is 2.14 bits per heavy atom. The van der Waals surface area contributed by atoms with Gasteiger partial charge < -0.3 is 18.9 Å². The van der Waals surface area contributed by atoms with Crippen molar-refractivity contribution in [2.24, 2.45) is 5.10 Å². The molecule has 0 aliphatic rings. The Morgan fingerprint density at radius 1 is 0.914 bits per heavy atom. The summed E-state index contributed by atoms with van der Waals surface area (Å²) in [6.45, 7) is 0. The normalized spacial score (nSPS) is 10.5. The number of nitro groups is 1. The number of nitrogens with zero attached hydrogens (tertiary/aromatic N) is 2. The number of hydrazone groups is 1. The Labute approximate surface area is 200 Å². The maximum absolute atomic E-state index is 12.6. The number of rotatable bonds is 9. The van der Waals surface area contributed by atoms with Crippen LogP contribution in [0.3, 0.4) is 0 Å². The van der Waals surface area contributed by atoms with Crippen molar-refractivity contribution in [2.75, 3.05) is 21.3 Å². The van der Waals surface area contributed by atoms with Crippen molar-refractivity contribution < 1.29 is 33.5 Å². The van der Waals surface area contributed by atoms with Gasteiger partial charge in [0, 0.05) is 17.7 Å².